The number of hydrogen-bond donors (Lipinski definition) is 2. The number of nitrogens with one attached hydrogen (secondary N) is 2. The van der Waals surface area contributed by atoms with E-state index in [0.29, 0.717) is 13.1 Å². The van der Waals surface area contributed by atoms with Crippen molar-refractivity contribution in [2.45, 2.75) is 64.2 Å². The van der Waals surface area contributed by atoms with Gasteiger partial charge in [-0.3, -0.25) is 4.68 Å². The number of ether oxygens (including phenoxy) is 1. The molecule has 1 aliphatic heterocycles. The zero-order chi connectivity index (χ0) is 26.4. The van der Waals surface area contributed by atoms with Gasteiger partial charge in [0.15, 0.2) is 0 Å². The maximum atomic E-state index is 13.0. The van der Waals surface area contributed by atoms with Crippen molar-refractivity contribution in [1.29, 1.82) is 0 Å². The predicted octanol–water partition coefficient (Wildman–Crippen LogP) is 5.00. The zero-order valence-electron chi connectivity index (χ0n) is 22.5. The van der Waals surface area contributed by atoms with Crippen molar-refractivity contribution < 1.29 is 9.53 Å². The Hall–Kier alpha value is -3.72. The summed E-state index contributed by atoms with van der Waals surface area (Å²) in [5, 5.41) is 8.57. The number of carbonyl (C=O) groups excluding carboxylic acids is 1. The maximum Gasteiger partial charge on any atom is 0.318 e. The number of benzene rings is 1. The van der Waals surface area contributed by atoms with E-state index in [9.17, 15) is 4.79 Å². The molecule has 38 heavy (non-hydrogen) atoms. The average Bonchev–Trinajstić information content (AvgIpc) is 3.43. The minimum atomic E-state index is -0.193. The Kier molecular flexibility index (Phi) is 6.18. The highest BCUT2D eigenvalue weighted by Crippen LogP contribution is 2.35. The molecule has 0 bridgehead atoms. The van der Waals surface area contributed by atoms with E-state index in [1.165, 1.54) is 11.1 Å². The minimum absolute atomic E-state index is 0.00601. The van der Waals surface area contributed by atoms with E-state index in [2.05, 4.69) is 70.4 Å². The van der Waals surface area contributed by atoms with E-state index in [4.69, 9.17) is 4.74 Å². The van der Waals surface area contributed by atoms with Gasteiger partial charge in [-0.15, -0.1) is 0 Å². The molecular weight excluding hydrogens is 478 g/mol. The number of carbonyl (C=O) groups is 1. The number of H-pyrrole nitrogens is 1. The van der Waals surface area contributed by atoms with Crippen LogP contribution in [-0.2, 0) is 18.2 Å². The lowest BCUT2D eigenvalue weighted by molar-refractivity contribution is -0.111. The second-order valence-electron chi connectivity index (χ2n) is 11.5. The van der Waals surface area contributed by atoms with Crippen LogP contribution in [0.15, 0.2) is 43.0 Å². The van der Waals surface area contributed by atoms with Gasteiger partial charge in [0.05, 0.1) is 48.4 Å². The fourth-order valence-electron chi connectivity index (χ4n) is 5.58. The molecular formula is C29H35N7O2. The number of amides is 2. The van der Waals surface area contributed by atoms with Crippen LogP contribution in [0, 0.1) is 0 Å². The number of hydrogen-bond acceptors (Lipinski definition) is 5. The molecule has 1 atom stereocenters. The third-order valence-corrected chi connectivity index (χ3v) is 7.38. The van der Waals surface area contributed by atoms with Gasteiger partial charge in [-0.2, -0.15) is 5.10 Å². The number of fused-ring (bicyclic) bond motifs is 2. The van der Waals surface area contributed by atoms with E-state index in [1.54, 1.807) is 11.0 Å². The van der Waals surface area contributed by atoms with Crippen LogP contribution in [0.5, 0.6) is 0 Å². The molecule has 2 aliphatic rings. The summed E-state index contributed by atoms with van der Waals surface area (Å²) in [6.45, 7) is 7.43. The van der Waals surface area contributed by atoms with E-state index in [0.717, 1.165) is 59.2 Å². The van der Waals surface area contributed by atoms with E-state index < -0.39 is 0 Å². The lowest BCUT2D eigenvalue weighted by Gasteiger charge is -2.42. The highest BCUT2D eigenvalue weighted by Gasteiger charge is 2.35. The van der Waals surface area contributed by atoms with Gasteiger partial charge in [-0.25, -0.2) is 14.8 Å². The van der Waals surface area contributed by atoms with Gasteiger partial charge in [0, 0.05) is 29.8 Å². The Morgan fingerprint density at radius 3 is 2.74 bits per heavy atom. The fraction of sp³-hybridized carbons (Fsp3) is 0.448. The Balaban J connectivity index is 1.23. The van der Waals surface area contributed by atoms with Crippen molar-refractivity contribution in [3.05, 3.63) is 54.1 Å². The number of nitrogens with zero attached hydrogens (tertiary/aromatic N) is 5. The highest BCUT2D eigenvalue weighted by molar-refractivity contribution is 5.94. The molecule has 1 aromatic carbocycles. The van der Waals surface area contributed by atoms with Crippen LogP contribution in [-0.4, -0.2) is 60.5 Å². The Morgan fingerprint density at radius 1 is 1.13 bits per heavy atom. The maximum absolute atomic E-state index is 13.0. The first-order chi connectivity index (χ1) is 18.2. The van der Waals surface area contributed by atoms with Crippen molar-refractivity contribution in [2.75, 3.05) is 13.1 Å². The number of aromatic nitrogens is 5. The SMILES string of the molecule is Cn1cc(-c2cc3c(-c4ccc5c(c4)CCCCC5NC(=O)N4CC(OC(C)(C)C)C4)ncnc3[nH]2)cn1. The van der Waals surface area contributed by atoms with E-state index in [-0.39, 0.29) is 23.8 Å². The van der Waals surface area contributed by atoms with Gasteiger partial charge in [-0.1, -0.05) is 18.6 Å². The van der Waals surface area contributed by atoms with Crippen molar-refractivity contribution in [3.8, 4) is 22.5 Å². The molecule has 1 unspecified atom stereocenters. The molecule has 1 fully saturated rings. The molecule has 9 heteroatoms. The summed E-state index contributed by atoms with van der Waals surface area (Å²) < 4.78 is 7.78. The second kappa shape index (κ2) is 9.54. The molecule has 1 aliphatic carbocycles. The molecule has 6 rings (SSSR count). The molecule has 2 amide bonds. The number of aromatic amines is 1. The first kappa shape index (κ1) is 24.6. The average molecular weight is 514 g/mol. The first-order valence-corrected chi connectivity index (χ1v) is 13.4. The third kappa shape index (κ3) is 4.90. The fourth-order valence-corrected chi connectivity index (χ4v) is 5.58. The number of rotatable bonds is 4. The summed E-state index contributed by atoms with van der Waals surface area (Å²) in [7, 11) is 1.91. The Bertz CT molecular complexity index is 1480. The second-order valence-corrected chi connectivity index (χ2v) is 11.5. The van der Waals surface area contributed by atoms with Crippen LogP contribution < -0.4 is 5.32 Å². The number of aryl methyl sites for hydroxylation is 2. The quantitative estimate of drug-likeness (QED) is 0.374. The molecule has 0 radical (unpaired) electrons. The molecule has 2 N–H and O–H groups in total. The molecule has 198 valence electrons. The van der Waals surface area contributed by atoms with Crippen molar-refractivity contribution in [3.63, 3.8) is 0 Å². The molecule has 4 aromatic rings. The molecule has 0 saturated carbocycles. The summed E-state index contributed by atoms with van der Waals surface area (Å²) in [4.78, 5) is 27.4. The van der Waals surface area contributed by atoms with Crippen molar-refractivity contribution >= 4 is 17.1 Å². The zero-order valence-corrected chi connectivity index (χ0v) is 22.5. The van der Waals surface area contributed by atoms with Crippen LogP contribution in [0.1, 0.15) is 57.2 Å². The smallest absolute Gasteiger partial charge is 0.318 e. The van der Waals surface area contributed by atoms with Gasteiger partial charge in [0.2, 0.25) is 0 Å². The first-order valence-electron chi connectivity index (χ1n) is 13.4. The van der Waals surface area contributed by atoms with Crippen molar-refractivity contribution in [2.24, 2.45) is 7.05 Å². The van der Waals surface area contributed by atoms with Gasteiger partial charge < -0.3 is 19.9 Å². The summed E-state index contributed by atoms with van der Waals surface area (Å²) in [6, 6.07) is 8.64. The number of urea groups is 1. The lowest BCUT2D eigenvalue weighted by Crippen LogP contribution is -2.59. The van der Waals surface area contributed by atoms with Crippen LogP contribution in [0.2, 0.25) is 0 Å². The topological polar surface area (TPSA) is 101 Å². The Labute approximate surface area is 222 Å². The highest BCUT2D eigenvalue weighted by atomic mass is 16.5. The van der Waals surface area contributed by atoms with Crippen LogP contribution in [0.4, 0.5) is 4.79 Å². The summed E-state index contributed by atoms with van der Waals surface area (Å²) in [6.07, 6.45) is 9.65. The molecule has 0 spiro atoms. The molecule has 9 nitrogen and oxygen atoms in total. The van der Waals surface area contributed by atoms with Gasteiger partial charge >= 0.3 is 6.03 Å². The van der Waals surface area contributed by atoms with Gasteiger partial charge in [-0.05, 0) is 63.3 Å². The van der Waals surface area contributed by atoms with Crippen LogP contribution in [0.25, 0.3) is 33.5 Å². The minimum Gasteiger partial charge on any atom is -0.369 e. The molecule has 4 heterocycles. The van der Waals surface area contributed by atoms with E-state index in [1.807, 2.05) is 24.3 Å². The third-order valence-electron chi connectivity index (χ3n) is 7.38. The lowest BCUT2D eigenvalue weighted by atomic mass is 9.95. The van der Waals surface area contributed by atoms with Crippen LogP contribution in [0.3, 0.4) is 0 Å². The standard InChI is InChI=1S/C29H35N7O2/c1-29(2,3)38-21-15-36(16-21)28(37)34-24-8-6-5-7-18-11-19(9-10-22(18)24)26-23-12-25(20-13-32-35(4)14-20)33-27(23)31-17-30-26/h9-14,17,21,24H,5-8,15-16H2,1-4H3,(H,34,37)(H,30,31,33). The van der Waals surface area contributed by atoms with Crippen LogP contribution >= 0.6 is 0 Å². The predicted molar refractivity (Wildman–Crippen MR) is 147 cm³/mol. The van der Waals surface area contributed by atoms with Crippen molar-refractivity contribution in [1.82, 2.24) is 34.9 Å². The number of likely N-dealkylation sites (tertiary alicyclic amines) is 1. The summed E-state index contributed by atoms with van der Waals surface area (Å²) >= 11 is 0. The molecule has 1 saturated heterocycles. The normalized spacial score (nSPS) is 18.2. The van der Waals surface area contributed by atoms with Gasteiger partial charge in [0.25, 0.3) is 0 Å². The largest absolute Gasteiger partial charge is 0.369 e. The Morgan fingerprint density at radius 2 is 1.97 bits per heavy atom. The summed E-state index contributed by atoms with van der Waals surface area (Å²) in [5.41, 5.74) is 7.03. The van der Waals surface area contributed by atoms with Gasteiger partial charge in [0.1, 0.15) is 12.0 Å². The van der Waals surface area contributed by atoms with E-state index >= 15 is 0 Å². The monoisotopic (exact) mass is 513 g/mol. The molecule has 3 aromatic heterocycles. The summed E-state index contributed by atoms with van der Waals surface area (Å²) in [5.74, 6) is 0.